The van der Waals surface area contributed by atoms with Gasteiger partial charge in [-0.25, -0.2) is 4.98 Å². The predicted molar refractivity (Wildman–Crippen MR) is 106 cm³/mol. The molecule has 5 heteroatoms. The lowest BCUT2D eigenvalue weighted by atomic mass is 9.78. The third kappa shape index (κ3) is 4.41. The molecule has 0 aliphatic heterocycles. The van der Waals surface area contributed by atoms with Crippen LogP contribution in [-0.4, -0.2) is 24.6 Å². The molecule has 0 atom stereocenters. The summed E-state index contributed by atoms with van der Waals surface area (Å²) in [5, 5.41) is 3.06. The SMILES string of the molecule is CCCCOc1ccc(NC(=O)C2(c3ccc(OC)cc3)CCCC2)cn1. The number of pyridine rings is 1. The van der Waals surface area contributed by atoms with Crippen LogP contribution in [0.3, 0.4) is 0 Å². The molecule has 0 bridgehead atoms. The van der Waals surface area contributed by atoms with Crippen LogP contribution in [0.4, 0.5) is 5.69 Å². The van der Waals surface area contributed by atoms with Gasteiger partial charge in [0.15, 0.2) is 0 Å². The molecule has 3 rings (SSSR count). The van der Waals surface area contributed by atoms with Crippen LogP contribution in [0.15, 0.2) is 42.6 Å². The van der Waals surface area contributed by atoms with E-state index in [4.69, 9.17) is 9.47 Å². The highest BCUT2D eigenvalue weighted by molar-refractivity contribution is 5.99. The van der Waals surface area contributed by atoms with Gasteiger partial charge in [0.25, 0.3) is 0 Å². The standard InChI is InChI=1S/C22H28N2O3/c1-3-4-15-27-20-12-9-18(16-23-20)24-21(25)22(13-5-6-14-22)17-7-10-19(26-2)11-8-17/h7-12,16H,3-6,13-15H2,1-2H3,(H,24,25). The maximum Gasteiger partial charge on any atom is 0.235 e. The summed E-state index contributed by atoms with van der Waals surface area (Å²) in [5.74, 6) is 1.42. The van der Waals surface area contributed by atoms with Gasteiger partial charge in [0, 0.05) is 6.07 Å². The van der Waals surface area contributed by atoms with Crippen LogP contribution in [0.2, 0.25) is 0 Å². The van der Waals surface area contributed by atoms with E-state index in [0.29, 0.717) is 18.2 Å². The maximum absolute atomic E-state index is 13.2. The average Bonchev–Trinajstić information content (AvgIpc) is 3.21. The summed E-state index contributed by atoms with van der Waals surface area (Å²) in [6.45, 7) is 2.78. The summed E-state index contributed by atoms with van der Waals surface area (Å²) in [5.41, 5.74) is 1.26. The summed E-state index contributed by atoms with van der Waals surface area (Å²) >= 11 is 0. The number of aromatic nitrogens is 1. The number of hydrogen-bond acceptors (Lipinski definition) is 4. The zero-order valence-electron chi connectivity index (χ0n) is 16.2. The summed E-state index contributed by atoms with van der Waals surface area (Å²) in [4.78, 5) is 17.5. The van der Waals surface area contributed by atoms with Crippen molar-refractivity contribution < 1.29 is 14.3 Å². The molecule has 0 unspecified atom stereocenters. The highest BCUT2D eigenvalue weighted by atomic mass is 16.5. The minimum Gasteiger partial charge on any atom is -0.497 e. The normalized spacial score (nSPS) is 15.3. The first-order valence-corrected chi connectivity index (χ1v) is 9.73. The van der Waals surface area contributed by atoms with Gasteiger partial charge in [-0.15, -0.1) is 0 Å². The van der Waals surface area contributed by atoms with Crippen LogP contribution in [0, 0.1) is 0 Å². The van der Waals surface area contributed by atoms with E-state index in [-0.39, 0.29) is 5.91 Å². The van der Waals surface area contributed by atoms with E-state index in [1.165, 1.54) is 0 Å². The number of hydrogen-bond donors (Lipinski definition) is 1. The molecule has 0 spiro atoms. The maximum atomic E-state index is 13.2. The summed E-state index contributed by atoms with van der Waals surface area (Å²) in [6, 6.07) is 11.5. The van der Waals surface area contributed by atoms with Crippen LogP contribution < -0.4 is 14.8 Å². The number of unbranched alkanes of at least 4 members (excludes halogenated alkanes) is 1. The lowest BCUT2D eigenvalue weighted by Gasteiger charge is -2.28. The Bertz CT molecular complexity index is 735. The number of benzene rings is 1. The number of carbonyl (C=O) groups excluding carboxylic acids is 1. The van der Waals surface area contributed by atoms with Crippen molar-refractivity contribution in [1.29, 1.82) is 0 Å². The summed E-state index contributed by atoms with van der Waals surface area (Å²) in [7, 11) is 1.65. The summed E-state index contributed by atoms with van der Waals surface area (Å²) in [6.07, 6.45) is 7.58. The highest BCUT2D eigenvalue weighted by Gasteiger charge is 2.42. The average molecular weight is 368 g/mol. The fraction of sp³-hybridized carbons (Fsp3) is 0.455. The second-order valence-electron chi connectivity index (χ2n) is 7.06. The van der Waals surface area contributed by atoms with Crippen LogP contribution in [0.1, 0.15) is 51.0 Å². The fourth-order valence-corrected chi connectivity index (χ4v) is 3.65. The molecule has 1 aliphatic carbocycles. The van der Waals surface area contributed by atoms with Crippen molar-refractivity contribution in [2.45, 2.75) is 50.9 Å². The first-order valence-electron chi connectivity index (χ1n) is 9.73. The van der Waals surface area contributed by atoms with E-state index >= 15 is 0 Å². The van der Waals surface area contributed by atoms with Crippen LogP contribution in [-0.2, 0) is 10.2 Å². The monoisotopic (exact) mass is 368 g/mol. The van der Waals surface area contributed by atoms with Gasteiger partial charge < -0.3 is 14.8 Å². The minimum atomic E-state index is -0.484. The van der Waals surface area contributed by atoms with Gasteiger partial charge >= 0.3 is 0 Å². The molecule has 1 fully saturated rings. The quantitative estimate of drug-likeness (QED) is 0.685. The molecule has 144 valence electrons. The summed E-state index contributed by atoms with van der Waals surface area (Å²) < 4.78 is 10.8. The van der Waals surface area contributed by atoms with Gasteiger partial charge in [-0.1, -0.05) is 38.3 Å². The van der Waals surface area contributed by atoms with Gasteiger partial charge in [-0.05, 0) is 43.0 Å². The molecule has 27 heavy (non-hydrogen) atoms. The van der Waals surface area contributed by atoms with Crippen molar-refractivity contribution in [3.63, 3.8) is 0 Å². The van der Waals surface area contributed by atoms with E-state index in [0.717, 1.165) is 49.8 Å². The number of anilines is 1. The first kappa shape index (κ1) is 19.2. The van der Waals surface area contributed by atoms with E-state index in [9.17, 15) is 4.79 Å². The Kier molecular flexibility index (Phi) is 6.32. The third-order valence-electron chi connectivity index (χ3n) is 5.28. The van der Waals surface area contributed by atoms with Crippen molar-refractivity contribution in [2.24, 2.45) is 0 Å². The van der Waals surface area contributed by atoms with E-state index in [1.807, 2.05) is 30.3 Å². The Morgan fingerprint density at radius 2 is 1.89 bits per heavy atom. The van der Waals surface area contributed by atoms with Gasteiger partial charge in [0.1, 0.15) is 5.75 Å². The first-order chi connectivity index (χ1) is 13.2. The lowest BCUT2D eigenvalue weighted by molar-refractivity contribution is -0.121. The number of ether oxygens (including phenoxy) is 2. The largest absolute Gasteiger partial charge is 0.497 e. The molecule has 2 aromatic rings. The molecule has 1 aliphatic rings. The molecule has 1 amide bonds. The van der Waals surface area contributed by atoms with Gasteiger partial charge in [-0.2, -0.15) is 0 Å². The van der Waals surface area contributed by atoms with Gasteiger partial charge in [0.05, 0.1) is 31.0 Å². The van der Waals surface area contributed by atoms with E-state index in [1.54, 1.807) is 19.4 Å². The third-order valence-corrected chi connectivity index (χ3v) is 5.28. The molecule has 0 radical (unpaired) electrons. The van der Waals surface area contributed by atoms with Crippen molar-refractivity contribution in [1.82, 2.24) is 4.98 Å². The van der Waals surface area contributed by atoms with Crippen LogP contribution in [0.5, 0.6) is 11.6 Å². The molecule has 1 aromatic carbocycles. The van der Waals surface area contributed by atoms with Crippen molar-refractivity contribution in [3.05, 3.63) is 48.2 Å². The van der Waals surface area contributed by atoms with E-state index in [2.05, 4.69) is 17.2 Å². The Morgan fingerprint density at radius 3 is 2.48 bits per heavy atom. The number of methoxy groups -OCH3 is 1. The van der Waals surface area contributed by atoms with E-state index < -0.39 is 5.41 Å². The minimum absolute atomic E-state index is 0.0339. The van der Waals surface area contributed by atoms with Crippen molar-refractivity contribution in [3.8, 4) is 11.6 Å². The molecular weight excluding hydrogens is 340 g/mol. The molecule has 1 saturated carbocycles. The Morgan fingerprint density at radius 1 is 1.15 bits per heavy atom. The number of rotatable bonds is 8. The van der Waals surface area contributed by atoms with Crippen molar-refractivity contribution in [2.75, 3.05) is 19.0 Å². The number of nitrogens with one attached hydrogen (secondary N) is 1. The number of amides is 1. The van der Waals surface area contributed by atoms with Gasteiger partial charge in [-0.3, -0.25) is 4.79 Å². The lowest BCUT2D eigenvalue weighted by Crippen LogP contribution is -2.38. The fourth-order valence-electron chi connectivity index (χ4n) is 3.65. The zero-order valence-corrected chi connectivity index (χ0v) is 16.2. The van der Waals surface area contributed by atoms with Crippen molar-refractivity contribution >= 4 is 11.6 Å². The molecule has 0 saturated heterocycles. The molecule has 1 heterocycles. The second-order valence-corrected chi connectivity index (χ2v) is 7.06. The molecule has 5 nitrogen and oxygen atoms in total. The smallest absolute Gasteiger partial charge is 0.235 e. The molecular formula is C22H28N2O3. The highest BCUT2D eigenvalue weighted by Crippen LogP contribution is 2.42. The van der Waals surface area contributed by atoms with Crippen LogP contribution >= 0.6 is 0 Å². The molecule has 1 aromatic heterocycles. The Labute approximate surface area is 161 Å². The topological polar surface area (TPSA) is 60.5 Å². The Hall–Kier alpha value is -2.56. The predicted octanol–water partition coefficient (Wildman–Crippen LogP) is 4.72. The Balaban J connectivity index is 1.72. The van der Waals surface area contributed by atoms with Gasteiger partial charge in [0.2, 0.25) is 11.8 Å². The van der Waals surface area contributed by atoms with Crippen LogP contribution in [0.25, 0.3) is 0 Å². The second kappa shape index (κ2) is 8.89. The molecule has 1 N–H and O–H groups in total. The number of carbonyl (C=O) groups is 1. The number of nitrogens with zero attached hydrogens (tertiary/aromatic N) is 1. The zero-order chi connectivity index (χ0) is 19.1.